The minimum Gasteiger partial charge on any atom is -0.493 e. The second-order valence-electron chi connectivity index (χ2n) is 10.7. The molecule has 228 valence electrons. The molecule has 0 aromatic heterocycles. The van der Waals surface area contributed by atoms with Gasteiger partial charge in [-0.2, -0.15) is 0 Å². The zero-order chi connectivity index (χ0) is 30.6. The molecule has 0 radical (unpaired) electrons. The highest BCUT2D eigenvalue weighted by molar-refractivity contribution is 5.89. The summed E-state index contributed by atoms with van der Waals surface area (Å²) in [6, 6.07) is 13.3. The van der Waals surface area contributed by atoms with E-state index >= 15 is 0 Å². The van der Waals surface area contributed by atoms with Crippen molar-refractivity contribution in [2.75, 3.05) is 27.3 Å². The number of rotatable bonds is 8. The number of hydrogen-bond acceptors (Lipinski definition) is 11. The molecule has 2 aliphatic heterocycles. The number of carboxylic acid groups (broad SMARTS) is 1. The van der Waals surface area contributed by atoms with Crippen LogP contribution in [0, 0.1) is 0 Å². The fourth-order valence-electron chi connectivity index (χ4n) is 5.60. The Balaban J connectivity index is 0.000000266. The molecule has 2 heterocycles. The highest BCUT2D eigenvalue weighted by atomic mass is 16.6. The van der Waals surface area contributed by atoms with Gasteiger partial charge in [-0.1, -0.05) is 30.3 Å². The molecular weight excluding hydrogens is 550 g/mol. The number of ether oxygens (including phenoxy) is 3. The van der Waals surface area contributed by atoms with Crippen LogP contribution in [0.4, 0.5) is 0 Å². The van der Waals surface area contributed by atoms with Crippen molar-refractivity contribution in [1.29, 1.82) is 0 Å². The van der Waals surface area contributed by atoms with Gasteiger partial charge in [-0.05, 0) is 49.9 Å². The first kappa shape index (κ1) is 31.4. The van der Waals surface area contributed by atoms with E-state index in [1.54, 1.807) is 19.2 Å². The number of benzene rings is 2. The van der Waals surface area contributed by atoms with Crippen molar-refractivity contribution in [3.63, 3.8) is 0 Å². The minimum atomic E-state index is -2.20. The van der Waals surface area contributed by atoms with Gasteiger partial charge in [-0.3, -0.25) is 0 Å². The molecule has 7 atom stereocenters. The summed E-state index contributed by atoms with van der Waals surface area (Å²) in [5, 5.41) is 51.8. The standard InChI is InChI=1S/C24H25NO4.C6H12O7/c1-25-13-12-24-11-10-18(28-23(26)16-6-4-3-5-7-16)14-20(24)29-22-19(27-2)9-8-17(15-25)21(22)24;7-1-2(8)3(9)4(10)5(11)6(12)13/h3-11,18,20H,12-15H2,1-2H3;2-5,7-11H,1H2,(H,12,13)/t18-,20-,24-;2-,3-,4+,5-/m01/s1. The van der Waals surface area contributed by atoms with E-state index in [9.17, 15) is 9.59 Å². The Morgan fingerprint density at radius 2 is 1.81 bits per heavy atom. The van der Waals surface area contributed by atoms with Crippen molar-refractivity contribution in [3.8, 4) is 11.5 Å². The van der Waals surface area contributed by atoms with E-state index in [1.165, 1.54) is 11.1 Å². The number of carbonyl (C=O) groups is 2. The Morgan fingerprint density at radius 1 is 1.10 bits per heavy atom. The lowest BCUT2D eigenvalue weighted by Crippen LogP contribution is -2.48. The SMILES string of the molecule is COc1ccc2c3c1O[C@H]1C[C@@H](OC(=O)c4ccccc4)C=C[C@@]31CCN(C)C2.O=C(O)[C@H](O)[C@@H](O)[C@H](O)[C@H](O)CO. The molecule has 12 heteroatoms. The Morgan fingerprint density at radius 3 is 2.45 bits per heavy atom. The zero-order valence-electron chi connectivity index (χ0n) is 23.4. The number of nitrogens with zero attached hydrogens (tertiary/aromatic N) is 1. The smallest absolute Gasteiger partial charge is 0.338 e. The van der Waals surface area contributed by atoms with E-state index in [4.69, 9.17) is 44.8 Å². The molecule has 3 aliphatic rings. The summed E-state index contributed by atoms with van der Waals surface area (Å²) in [5.41, 5.74) is 2.90. The van der Waals surface area contributed by atoms with Crippen LogP contribution in [0.25, 0.3) is 0 Å². The molecule has 12 nitrogen and oxygen atoms in total. The first-order valence-corrected chi connectivity index (χ1v) is 13.6. The van der Waals surface area contributed by atoms with Crippen molar-refractivity contribution >= 4 is 11.9 Å². The van der Waals surface area contributed by atoms with E-state index in [2.05, 4.69) is 24.1 Å². The van der Waals surface area contributed by atoms with Gasteiger partial charge in [0.1, 0.15) is 30.5 Å². The molecule has 0 unspecified atom stereocenters. The van der Waals surface area contributed by atoms with E-state index in [0.29, 0.717) is 12.0 Å². The molecule has 2 aromatic rings. The molecule has 1 spiro atoms. The number of carbonyl (C=O) groups excluding carboxylic acids is 1. The van der Waals surface area contributed by atoms with E-state index < -0.39 is 37.0 Å². The summed E-state index contributed by atoms with van der Waals surface area (Å²) in [6.45, 7) is 1.03. The number of esters is 1. The summed E-state index contributed by atoms with van der Waals surface area (Å²) in [6.07, 6.45) is -2.34. The number of methoxy groups -OCH3 is 1. The second-order valence-corrected chi connectivity index (χ2v) is 10.7. The van der Waals surface area contributed by atoms with Crippen LogP contribution in [0.3, 0.4) is 0 Å². The van der Waals surface area contributed by atoms with Gasteiger partial charge in [0, 0.05) is 18.5 Å². The topological polar surface area (TPSA) is 186 Å². The van der Waals surface area contributed by atoms with Crippen molar-refractivity contribution in [2.24, 2.45) is 0 Å². The summed E-state index contributed by atoms with van der Waals surface area (Å²) >= 11 is 0. The third-order valence-electron chi connectivity index (χ3n) is 7.91. The van der Waals surface area contributed by atoms with Gasteiger partial charge in [0.05, 0.1) is 24.7 Å². The van der Waals surface area contributed by atoms with Crippen LogP contribution in [0.2, 0.25) is 0 Å². The van der Waals surface area contributed by atoms with Crippen LogP contribution in [0.5, 0.6) is 11.5 Å². The Kier molecular flexibility index (Phi) is 9.87. The number of carboxylic acids is 1. The fraction of sp³-hybridized carbons (Fsp3) is 0.467. The van der Waals surface area contributed by atoms with E-state index in [0.717, 1.165) is 31.0 Å². The highest BCUT2D eigenvalue weighted by Gasteiger charge is 2.53. The second kappa shape index (κ2) is 13.2. The summed E-state index contributed by atoms with van der Waals surface area (Å²) < 4.78 is 17.9. The van der Waals surface area contributed by atoms with E-state index in [-0.39, 0.29) is 23.6 Å². The predicted octanol–water partition coefficient (Wildman–Crippen LogP) is 0.222. The normalized spacial score (nSPS) is 25.2. The largest absolute Gasteiger partial charge is 0.493 e. The molecule has 0 saturated carbocycles. The molecule has 6 N–H and O–H groups in total. The molecule has 42 heavy (non-hydrogen) atoms. The number of aliphatic hydroxyl groups excluding tert-OH is 5. The van der Waals surface area contributed by atoms with Crippen LogP contribution in [0.15, 0.2) is 54.6 Å². The highest BCUT2D eigenvalue weighted by Crippen LogP contribution is 2.55. The number of aliphatic hydroxyl groups is 5. The van der Waals surface area contributed by atoms with Gasteiger partial charge in [-0.15, -0.1) is 0 Å². The van der Waals surface area contributed by atoms with Gasteiger partial charge >= 0.3 is 11.9 Å². The maximum absolute atomic E-state index is 12.5. The van der Waals surface area contributed by atoms with Crippen molar-refractivity contribution in [2.45, 2.75) is 61.4 Å². The number of aliphatic carboxylic acids is 1. The summed E-state index contributed by atoms with van der Waals surface area (Å²) in [5.74, 6) is -0.402. The predicted molar refractivity (Wildman–Crippen MR) is 148 cm³/mol. The first-order valence-electron chi connectivity index (χ1n) is 13.6. The lowest BCUT2D eigenvalue weighted by Gasteiger charge is -2.36. The fourth-order valence-corrected chi connectivity index (χ4v) is 5.60. The molecule has 0 amide bonds. The Hall–Kier alpha value is -3.52. The zero-order valence-corrected chi connectivity index (χ0v) is 23.4. The average molecular weight is 588 g/mol. The third kappa shape index (κ3) is 6.28. The minimum absolute atomic E-state index is 0.0716. The third-order valence-corrected chi connectivity index (χ3v) is 7.91. The maximum Gasteiger partial charge on any atom is 0.338 e. The molecule has 2 aromatic carbocycles. The van der Waals surface area contributed by atoms with Crippen LogP contribution < -0.4 is 9.47 Å². The molecule has 1 aliphatic carbocycles. The van der Waals surface area contributed by atoms with Gasteiger partial charge in [0.2, 0.25) is 0 Å². The van der Waals surface area contributed by atoms with Crippen molar-refractivity contribution in [1.82, 2.24) is 4.90 Å². The molecule has 0 fully saturated rings. The monoisotopic (exact) mass is 587 g/mol. The first-order chi connectivity index (χ1) is 20.0. The molecular formula is C30H37NO11. The maximum atomic E-state index is 12.5. The molecule has 0 saturated heterocycles. The van der Waals surface area contributed by atoms with Crippen molar-refractivity contribution < 1.29 is 54.4 Å². The quantitative estimate of drug-likeness (QED) is 0.183. The van der Waals surface area contributed by atoms with Gasteiger partial charge in [0.15, 0.2) is 17.6 Å². The Labute approximate surface area is 243 Å². The Bertz CT molecular complexity index is 1290. The van der Waals surface area contributed by atoms with Crippen LogP contribution in [-0.2, 0) is 21.5 Å². The number of hydrogen-bond donors (Lipinski definition) is 6. The lowest BCUT2D eigenvalue weighted by molar-refractivity contribution is -0.164. The van der Waals surface area contributed by atoms with Crippen LogP contribution >= 0.6 is 0 Å². The van der Waals surface area contributed by atoms with E-state index in [1.807, 2.05) is 30.3 Å². The average Bonchev–Trinajstić information content (AvgIpc) is 3.26. The van der Waals surface area contributed by atoms with Crippen LogP contribution in [-0.4, -0.2) is 111 Å². The van der Waals surface area contributed by atoms with Gasteiger partial charge in [-0.25, -0.2) is 9.59 Å². The van der Waals surface area contributed by atoms with Crippen molar-refractivity contribution in [3.05, 3.63) is 71.3 Å². The lowest BCUT2D eigenvalue weighted by atomic mass is 9.69. The molecule has 5 rings (SSSR count). The van der Waals surface area contributed by atoms with Gasteiger partial charge in [0.25, 0.3) is 0 Å². The molecule has 0 bridgehead atoms. The summed E-state index contributed by atoms with van der Waals surface area (Å²) in [4.78, 5) is 25.0. The van der Waals surface area contributed by atoms with Gasteiger partial charge < -0.3 is 49.7 Å². The summed E-state index contributed by atoms with van der Waals surface area (Å²) in [7, 11) is 3.83. The van der Waals surface area contributed by atoms with Crippen LogP contribution in [0.1, 0.15) is 34.3 Å².